The average molecular weight is 327 g/mol. The third kappa shape index (κ3) is 2.97. The molecule has 1 atom stereocenters. The zero-order valence-corrected chi connectivity index (χ0v) is 13.4. The number of hydrogen-bond donors (Lipinski definition) is 0. The van der Waals surface area contributed by atoms with Crippen molar-refractivity contribution in [3.05, 3.63) is 52.2 Å². The van der Waals surface area contributed by atoms with Gasteiger partial charge in [0, 0.05) is 30.0 Å². The first kappa shape index (κ1) is 14.3. The Labute approximate surface area is 138 Å². The Kier molecular flexibility index (Phi) is 3.79. The van der Waals surface area contributed by atoms with Gasteiger partial charge in [-0.15, -0.1) is 11.3 Å². The van der Waals surface area contributed by atoms with Gasteiger partial charge in [0.15, 0.2) is 11.5 Å². The molecule has 2 aliphatic rings. The van der Waals surface area contributed by atoms with Crippen LogP contribution in [0.3, 0.4) is 0 Å². The van der Waals surface area contributed by atoms with Crippen LogP contribution in [0, 0.1) is 0 Å². The van der Waals surface area contributed by atoms with Crippen LogP contribution in [-0.2, 0) is 4.79 Å². The van der Waals surface area contributed by atoms with Gasteiger partial charge in [-0.3, -0.25) is 4.79 Å². The first-order valence-electron chi connectivity index (χ1n) is 7.69. The van der Waals surface area contributed by atoms with Crippen LogP contribution in [0.2, 0.25) is 0 Å². The molecular formula is C18H17NO3S. The van der Waals surface area contributed by atoms with Gasteiger partial charge < -0.3 is 14.4 Å². The second kappa shape index (κ2) is 6.08. The molecule has 0 bridgehead atoms. The highest BCUT2D eigenvalue weighted by Gasteiger charge is 2.27. The summed E-state index contributed by atoms with van der Waals surface area (Å²) in [4.78, 5) is 15.3. The Balaban J connectivity index is 1.41. The largest absolute Gasteiger partial charge is 0.454 e. The number of amides is 1. The van der Waals surface area contributed by atoms with Gasteiger partial charge in [0.05, 0.1) is 0 Å². The molecule has 1 amide bonds. The van der Waals surface area contributed by atoms with Crippen molar-refractivity contribution in [1.82, 2.24) is 4.90 Å². The number of ether oxygens (including phenoxy) is 2. The SMILES string of the molecule is O=C(C=Cc1cccs1)N1CCC(c2ccc3c(c2)OCO3)C1. The molecule has 1 unspecified atom stereocenters. The van der Waals surface area contributed by atoms with E-state index in [1.165, 1.54) is 5.56 Å². The number of rotatable bonds is 3. The average Bonchev–Trinajstić information content (AvgIpc) is 3.32. The Bertz CT molecular complexity index is 739. The number of nitrogens with zero attached hydrogens (tertiary/aromatic N) is 1. The lowest BCUT2D eigenvalue weighted by Crippen LogP contribution is -2.26. The molecule has 0 radical (unpaired) electrons. The van der Waals surface area contributed by atoms with Gasteiger partial charge >= 0.3 is 0 Å². The van der Waals surface area contributed by atoms with Crippen molar-refractivity contribution in [2.75, 3.05) is 19.9 Å². The highest BCUT2D eigenvalue weighted by molar-refractivity contribution is 7.10. The number of fused-ring (bicyclic) bond motifs is 1. The van der Waals surface area contributed by atoms with E-state index >= 15 is 0 Å². The zero-order chi connectivity index (χ0) is 15.6. The van der Waals surface area contributed by atoms with Gasteiger partial charge in [-0.25, -0.2) is 0 Å². The molecule has 1 aromatic heterocycles. The standard InChI is InChI=1S/C18H17NO3S/c20-18(6-4-15-2-1-9-23-15)19-8-7-14(11-19)13-3-5-16-17(10-13)22-12-21-16/h1-6,9-10,14H,7-8,11-12H2. The number of carbonyl (C=O) groups is 1. The monoisotopic (exact) mass is 327 g/mol. The lowest BCUT2D eigenvalue weighted by molar-refractivity contribution is -0.124. The van der Waals surface area contributed by atoms with E-state index in [1.54, 1.807) is 17.4 Å². The van der Waals surface area contributed by atoms with Gasteiger partial charge in [0.2, 0.25) is 12.7 Å². The van der Waals surface area contributed by atoms with Crippen molar-refractivity contribution in [2.45, 2.75) is 12.3 Å². The molecule has 0 N–H and O–H groups in total. The molecule has 0 aliphatic carbocycles. The van der Waals surface area contributed by atoms with Gasteiger partial charge in [0.1, 0.15) is 0 Å². The highest BCUT2D eigenvalue weighted by atomic mass is 32.1. The summed E-state index contributed by atoms with van der Waals surface area (Å²) in [5, 5.41) is 2.01. The number of likely N-dealkylation sites (tertiary alicyclic amines) is 1. The summed E-state index contributed by atoms with van der Waals surface area (Å²) in [6.07, 6.45) is 4.55. The van der Waals surface area contributed by atoms with Crippen LogP contribution in [-0.4, -0.2) is 30.7 Å². The van der Waals surface area contributed by atoms with Crippen LogP contribution in [0.5, 0.6) is 11.5 Å². The van der Waals surface area contributed by atoms with Crippen LogP contribution in [0.1, 0.15) is 22.8 Å². The second-order valence-corrected chi connectivity index (χ2v) is 6.71. The fourth-order valence-corrected chi connectivity index (χ4v) is 3.66. The van der Waals surface area contributed by atoms with E-state index in [2.05, 4.69) is 6.07 Å². The van der Waals surface area contributed by atoms with E-state index in [9.17, 15) is 4.79 Å². The maximum absolute atomic E-state index is 12.3. The maximum Gasteiger partial charge on any atom is 0.246 e. The van der Waals surface area contributed by atoms with E-state index in [-0.39, 0.29) is 5.91 Å². The van der Waals surface area contributed by atoms with E-state index in [4.69, 9.17) is 9.47 Å². The zero-order valence-electron chi connectivity index (χ0n) is 12.6. The van der Waals surface area contributed by atoms with E-state index in [0.29, 0.717) is 12.7 Å². The smallest absolute Gasteiger partial charge is 0.246 e. The molecule has 1 fully saturated rings. The summed E-state index contributed by atoms with van der Waals surface area (Å²) in [5.41, 5.74) is 1.21. The van der Waals surface area contributed by atoms with Gasteiger partial charge in [-0.05, 0) is 41.6 Å². The predicted molar refractivity (Wildman–Crippen MR) is 89.9 cm³/mol. The number of carbonyl (C=O) groups excluding carboxylic acids is 1. The van der Waals surface area contributed by atoms with Crippen molar-refractivity contribution in [3.8, 4) is 11.5 Å². The van der Waals surface area contributed by atoms with Crippen molar-refractivity contribution in [3.63, 3.8) is 0 Å². The summed E-state index contributed by atoms with van der Waals surface area (Å²) in [5.74, 6) is 2.06. The minimum Gasteiger partial charge on any atom is -0.454 e. The number of hydrogen-bond acceptors (Lipinski definition) is 4. The minimum atomic E-state index is 0.0849. The maximum atomic E-state index is 12.3. The number of benzene rings is 1. The van der Waals surface area contributed by atoms with Crippen LogP contribution in [0.25, 0.3) is 6.08 Å². The number of thiophene rings is 1. The second-order valence-electron chi connectivity index (χ2n) is 5.73. The molecule has 5 heteroatoms. The van der Waals surface area contributed by atoms with Crippen molar-refractivity contribution < 1.29 is 14.3 Å². The molecule has 2 aromatic rings. The highest BCUT2D eigenvalue weighted by Crippen LogP contribution is 2.37. The summed E-state index contributed by atoms with van der Waals surface area (Å²) in [7, 11) is 0. The molecule has 23 heavy (non-hydrogen) atoms. The first-order chi connectivity index (χ1) is 11.3. The molecule has 4 nitrogen and oxygen atoms in total. The normalized spacial score (nSPS) is 19.7. The minimum absolute atomic E-state index is 0.0849. The third-order valence-corrected chi connectivity index (χ3v) is 5.14. The summed E-state index contributed by atoms with van der Waals surface area (Å²) < 4.78 is 10.8. The third-order valence-electron chi connectivity index (χ3n) is 4.30. The van der Waals surface area contributed by atoms with Crippen molar-refractivity contribution in [1.29, 1.82) is 0 Å². The Morgan fingerprint density at radius 2 is 2.17 bits per heavy atom. The molecule has 3 heterocycles. The lowest BCUT2D eigenvalue weighted by Gasteiger charge is -2.15. The van der Waals surface area contributed by atoms with Gasteiger partial charge in [0.25, 0.3) is 0 Å². The van der Waals surface area contributed by atoms with E-state index < -0.39 is 0 Å². The van der Waals surface area contributed by atoms with Gasteiger partial charge in [-0.1, -0.05) is 12.1 Å². The lowest BCUT2D eigenvalue weighted by atomic mass is 9.98. The Morgan fingerprint density at radius 3 is 3.04 bits per heavy atom. The Hall–Kier alpha value is -2.27. The Morgan fingerprint density at radius 1 is 1.26 bits per heavy atom. The molecule has 118 valence electrons. The fourth-order valence-electron chi connectivity index (χ4n) is 3.04. The summed E-state index contributed by atoms with van der Waals surface area (Å²) in [6.45, 7) is 1.85. The fraction of sp³-hybridized carbons (Fsp3) is 0.278. The summed E-state index contributed by atoms with van der Waals surface area (Å²) in [6, 6.07) is 10.1. The van der Waals surface area contributed by atoms with Crippen molar-refractivity contribution in [2.24, 2.45) is 0 Å². The van der Waals surface area contributed by atoms with E-state index in [1.807, 2.05) is 40.6 Å². The molecular weight excluding hydrogens is 310 g/mol. The first-order valence-corrected chi connectivity index (χ1v) is 8.57. The van der Waals surface area contributed by atoms with E-state index in [0.717, 1.165) is 35.9 Å². The topological polar surface area (TPSA) is 38.8 Å². The van der Waals surface area contributed by atoms with Gasteiger partial charge in [-0.2, -0.15) is 0 Å². The molecule has 1 saturated heterocycles. The molecule has 1 aromatic carbocycles. The van der Waals surface area contributed by atoms with Crippen molar-refractivity contribution >= 4 is 23.3 Å². The molecule has 0 saturated carbocycles. The molecule has 0 spiro atoms. The molecule has 4 rings (SSSR count). The van der Waals surface area contributed by atoms with Crippen LogP contribution in [0.15, 0.2) is 41.8 Å². The van der Waals surface area contributed by atoms with Crippen LogP contribution in [0.4, 0.5) is 0 Å². The molecule has 2 aliphatic heterocycles. The summed E-state index contributed by atoms with van der Waals surface area (Å²) >= 11 is 1.63. The predicted octanol–water partition coefficient (Wildman–Crippen LogP) is 3.51. The van der Waals surface area contributed by atoms with Crippen LogP contribution < -0.4 is 9.47 Å². The quantitative estimate of drug-likeness (QED) is 0.810. The van der Waals surface area contributed by atoms with Crippen LogP contribution >= 0.6 is 11.3 Å².